The molecular weight excluding hydrogens is 383 g/mol. The lowest BCUT2D eigenvalue weighted by atomic mass is 10.1. The lowest BCUT2D eigenvalue weighted by Gasteiger charge is -2.21. The number of carbonyl (C=O) groups is 2. The van der Waals surface area contributed by atoms with Gasteiger partial charge >= 0.3 is 0 Å². The molecule has 7 heteroatoms. The molecule has 0 aromatic rings. The summed E-state index contributed by atoms with van der Waals surface area (Å²) in [5.74, 6) is 0.880. The van der Waals surface area contributed by atoms with Crippen molar-refractivity contribution in [1.29, 1.82) is 0 Å². The predicted molar refractivity (Wildman–Crippen MR) is 88.8 cm³/mol. The lowest BCUT2D eigenvalue weighted by Crippen LogP contribution is -2.30. The van der Waals surface area contributed by atoms with E-state index in [0.29, 0.717) is 12.8 Å². The molecule has 2 amide bonds. The van der Waals surface area contributed by atoms with Crippen LogP contribution in [0.4, 0.5) is 0 Å². The Kier molecular flexibility index (Phi) is 9.49. The van der Waals surface area contributed by atoms with Crippen LogP contribution in [0.5, 0.6) is 0 Å². The molecule has 0 radical (unpaired) electrons. The highest BCUT2D eigenvalue weighted by Crippen LogP contribution is 2.38. The Labute approximate surface area is 131 Å². The van der Waals surface area contributed by atoms with Crippen LogP contribution < -0.4 is 8.85 Å². The first-order valence-corrected chi connectivity index (χ1v) is 9.16. The summed E-state index contributed by atoms with van der Waals surface area (Å²) in [4.78, 5) is 22.7. The zero-order valence-electron chi connectivity index (χ0n) is 11.2. The number of nitrogens with one attached hydrogen (secondary N) is 2. The molecule has 106 valence electrons. The van der Waals surface area contributed by atoms with Gasteiger partial charge in [0, 0.05) is 29.4 Å². The number of rotatable bonds is 8. The summed E-state index contributed by atoms with van der Waals surface area (Å²) >= 11 is 1.85. The summed E-state index contributed by atoms with van der Waals surface area (Å²) in [5, 5.41) is 2.86. The number of carbonyl (C=O) groups excluding carboxylic acids is 2. The molecule has 4 nitrogen and oxygen atoms in total. The number of hydrogen-bond acceptors (Lipinski definition) is 4. The van der Waals surface area contributed by atoms with E-state index in [1.165, 1.54) is 0 Å². The van der Waals surface area contributed by atoms with Gasteiger partial charge < -0.3 is 5.32 Å². The second kappa shape index (κ2) is 9.30. The fraction of sp³-hybridized carbons (Fsp3) is 0.818. The maximum atomic E-state index is 11.4. The second-order valence-electron chi connectivity index (χ2n) is 4.83. The van der Waals surface area contributed by atoms with Crippen molar-refractivity contribution in [3.63, 3.8) is 0 Å². The molecule has 18 heavy (non-hydrogen) atoms. The third-order valence-electron chi connectivity index (χ3n) is 1.84. The van der Waals surface area contributed by atoms with Crippen LogP contribution in [0, 0.1) is 0 Å². The van der Waals surface area contributed by atoms with E-state index in [1.807, 2.05) is 50.6 Å². The third kappa shape index (κ3) is 10.3. The molecular formula is C11H21IN2O2S2. The molecule has 0 bridgehead atoms. The van der Waals surface area contributed by atoms with Crippen LogP contribution in [0.25, 0.3) is 0 Å². The number of halogens is 1. The van der Waals surface area contributed by atoms with Gasteiger partial charge in [-0.15, -0.1) is 0 Å². The van der Waals surface area contributed by atoms with Crippen molar-refractivity contribution in [2.45, 2.75) is 51.3 Å². The summed E-state index contributed by atoms with van der Waals surface area (Å²) in [6.45, 7) is 7.96. The first-order chi connectivity index (χ1) is 8.26. The van der Waals surface area contributed by atoms with E-state index in [2.05, 4.69) is 8.85 Å². The quantitative estimate of drug-likeness (QED) is 0.283. The van der Waals surface area contributed by atoms with Crippen LogP contribution in [0.2, 0.25) is 0 Å². The average Bonchev–Trinajstić information content (AvgIpc) is 2.22. The fourth-order valence-corrected chi connectivity index (χ4v) is 3.86. The van der Waals surface area contributed by atoms with Crippen molar-refractivity contribution in [3.8, 4) is 0 Å². The van der Waals surface area contributed by atoms with Gasteiger partial charge in [0.1, 0.15) is 0 Å². The molecule has 0 fully saturated rings. The first kappa shape index (κ1) is 18.4. The van der Waals surface area contributed by atoms with Crippen LogP contribution >= 0.6 is 44.5 Å². The van der Waals surface area contributed by atoms with Gasteiger partial charge in [0.15, 0.2) is 0 Å². The number of hydrogen-bond donors (Lipinski definition) is 2. The van der Waals surface area contributed by atoms with Gasteiger partial charge in [0.2, 0.25) is 11.8 Å². The van der Waals surface area contributed by atoms with Crippen LogP contribution in [0.1, 0.15) is 40.5 Å². The van der Waals surface area contributed by atoms with Gasteiger partial charge in [-0.3, -0.25) is 13.1 Å². The Morgan fingerprint density at radius 3 is 2.39 bits per heavy atom. The Morgan fingerprint density at radius 1 is 1.28 bits per heavy atom. The van der Waals surface area contributed by atoms with E-state index >= 15 is 0 Å². The largest absolute Gasteiger partial charge is 0.354 e. The smallest absolute Gasteiger partial charge is 0.230 e. The van der Waals surface area contributed by atoms with Crippen LogP contribution in [0.15, 0.2) is 0 Å². The second-order valence-corrected chi connectivity index (χ2v) is 8.49. The van der Waals surface area contributed by atoms with Crippen LogP contribution in [-0.2, 0) is 9.59 Å². The maximum Gasteiger partial charge on any atom is 0.230 e. The van der Waals surface area contributed by atoms with Gasteiger partial charge in [-0.2, -0.15) is 0 Å². The minimum Gasteiger partial charge on any atom is -0.354 e. The molecule has 0 spiro atoms. The maximum absolute atomic E-state index is 11.4. The Balaban J connectivity index is 3.76. The van der Waals surface area contributed by atoms with E-state index < -0.39 is 0 Å². The lowest BCUT2D eigenvalue weighted by molar-refractivity contribution is -0.121. The normalized spacial score (nSPS) is 11.4. The zero-order chi connectivity index (χ0) is 14.2. The van der Waals surface area contributed by atoms with E-state index in [0.717, 1.165) is 5.75 Å². The van der Waals surface area contributed by atoms with Crippen LogP contribution in [0.3, 0.4) is 0 Å². The molecule has 0 aromatic heterocycles. The van der Waals surface area contributed by atoms with Gasteiger partial charge in [0.25, 0.3) is 0 Å². The molecule has 0 saturated heterocycles. The molecule has 0 aliphatic carbocycles. The average molecular weight is 404 g/mol. The molecule has 2 N–H and O–H groups in total. The summed E-state index contributed by atoms with van der Waals surface area (Å²) < 4.78 is 2.48. The highest BCUT2D eigenvalue weighted by Gasteiger charge is 2.22. The molecule has 0 aromatic carbocycles. The van der Waals surface area contributed by atoms with Crippen LogP contribution in [-0.4, -0.2) is 28.4 Å². The first-order valence-electron chi connectivity index (χ1n) is 5.76. The fourth-order valence-electron chi connectivity index (χ4n) is 1.18. The molecule has 0 unspecified atom stereocenters. The number of amides is 2. The van der Waals surface area contributed by atoms with Crippen molar-refractivity contribution >= 4 is 56.3 Å². The molecule has 0 atom stereocenters. The zero-order valence-corrected chi connectivity index (χ0v) is 15.0. The summed E-state index contributed by atoms with van der Waals surface area (Å²) in [6, 6.07) is 0.193. The molecule has 0 saturated carbocycles. The Hall–Kier alpha value is 0.370. The van der Waals surface area contributed by atoms with Crippen molar-refractivity contribution in [3.05, 3.63) is 0 Å². The van der Waals surface area contributed by atoms with Gasteiger partial charge in [-0.25, -0.2) is 0 Å². The highest BCUT2D eigenvalue weighted by molar-refractivity contribution is 14.1. The highest BCUT2D eigenvalue weighted by atomic mass is 127. The summed E-state index contributed by atoms with van der Waals surface area (Å²) in [5.41, 5.74) is 0. The Bertz CT molecular complexity index is 286. The molecule has 0 aliphatic heterocycles. The Morgan fingerprint density at radius 2 is 1.89 bits per heavy atom. The molecule has 0 aliphatic rings. The third-order valence-corrected chi connectivity index (χ3v) is 5.73. The SMILES string of the molecule is CC(C)NC(=O)CCSSC(C)(C)CC(=O)NI. The predicted octanol–water partition coefficient (Wildman–Crippen LogP) is 2.92. The van der Waals surface area contributed by atoms with Crippen molar-refractivity contribution in [2.24, 2.45) is 0 Å². The minimum absolute atomic E-state index is 0.0336. The van der Waals surface area contributed by atoms with E-state index in [4.69, 9.17) is 0 Å². The van der Waals surface area contributed by atoms with E-state index in [1.54, 1.807) is 21.6 Å². The van der Waals surface area contributed by atoms with Crippen molar-refractivity contribution < 1.29 is 9.59 Å². The van der Waals surface area contributed by atoms with E-state index in [-0.39, 0.29) is 22.6 Å². The van der Waals surface area contributed by atoms with Crippen molar-refractivity contribution in [1.82, 2.24) is 8.85 Å². The summed E-state index contributed by atoms with van der Waals surface area (Å²) in [7, 11) is 3.30. The van der Waals surface area contributed by atoms with Crippen molar-refractivity contribution in [2.75, 3.05) is 5.75 Å². The van der Waals surface area contributed by atoms with Gasteiger partial charge in [-0.1, -0.05) is 21.6 Å². The summed E-state index contributed by atoms with van der Waals surface area (Å²) in [6.07, 6.45) is 0.996. The van der Waals surface area contributed by atoms with E-state index in [9.17, 15) is 9.59 Å². The monoisotopic (exact) mass is 404 g/mol. The molecule has 0 rings (SSSR count). The standard InChI is InChI=1S/C11H21IN2O2S2/c1-8(2)13-9(15)5-6-17-18-11(3,4)7-10(16)14-12/h8H,5-7H2,1-4H3,(H,13,15)(H,14,16). The molecule has 0 heterocycles. The minimum atomic E-state index is -0.117. The topological polar surface area (TPSA) is 58.2 Å². The van der Waals surface area contributed by atoms with Gasteiger partial charge in [-0.05, 0) is 27.7 Å². The van der Waals surface area contributed by atoms with Gasteiger partial charge in [0.05, 0.1) is 22.9 Å².